The summed E-state index contributed by atoms with van der Waals surface area (Å²) in [5.41, 5.74) is 0.632. The second-order valence-corrected chi connectivity index (χ2v) is 5.25. The van der Waals surface area contributed by atoms with Crippen LogP contribution in [0.4, 0.5) is 0 Å². The van der Waals surface area contributed by atoms with Crippen molar-refractivity contribution in [3.05, 3.63) is 89.9 Å². The van der Waals surface area contributed by atoms with Crippen LogP contribution in [0.5, 0.6) is 5.75 Å². The van der Waals surface area contributed by atoms with E-state index in [4.69, 9.17) is 9.15 Å². The molecule has 1 aromatic heterocycles. The summed E-state index contributed by atoms with van der Waals surface area (Å²) in [6.07, 6.45) is 1.05. The fourth-order valence-corrected chi connectivity index (χ4v) is 2.30. The average Bonchev–Trinajstić information content (AvgIpc) is 3.17. The number of benzene rings is 2. The molecular formula is C20H14O5. The van der Waals surface area contributed by atoms with Gasteiger partial charge in [0.1, 0.15) is 5.75 Å². The molecule has 5 nitrogen and oxygen atoms in total. The molecule has 3 rings (SSSR count). The summed E-state index contributed by atoms with van der Waals surface area (Å²) >= 11 is 0. The molecule has 1 heterocycles. The molecule has 0 fully saturated rings. The second kappa shape index (κ2) is 7.40. The molecule has 0 amide bonds. The van der Waals surface area contributed by atoms with Gasteiger partial charge in [-0.1, -0.05) is 42.5 Å². The van der Waals surface area contributed by atoms with Crippen molar-refractivity contribution in [2.45, 2.75) is 6.42 Å². The van der Waals surface area contributed by atoms with Crippen LogP contribution in [0.2, 0.25) is 0 Å². The molecule has 0 radical (unpaired) electrons. The van der Waals surface area contributed by atoms with Crippen LogP contribution in [-0.4, -0.2) is 17.5 Å². The monoisotopic (exact) mass is 334 g/mol. The molecular weight excluding hydrogens is 320 g/mol. The number of Topliss-reactive ketones (excluding diaryl/α,β-unsaturated/α-hetero) is 2. The van der Waals surface area contributed by atoms with Crippen LogP contribution in [0.3, 0.4) is 0 Å². The van der Waals surface area contributed by atoms with Crippen molar-refractivity contribution in [2.24, 2.45) is 0 Å². The van der Waals surface area contributed by atoms with E-state index < -0.39 is 11.8 Å². The second-order valence-electron chi connectivity index (χ2n) is 5.25. The van der Waals surface area contributed by atoms with E-state index in [1.807, 2.05) is 0 Å². The molecule has 3 aromatic rings. The van der Waals surface area contributed by atoms with E-state index in [1.165, 1.54) is 24.5 Å². The Kier molecular flexibility index (Phi) is 4.85. The topological polar surface area (TPSA) is 73.6 Å². The third-order valence-electron chi connectivity index (χ3n) is 3.53. The Morgan fingerprint density at radius 2 is 1.52 bits per heavy atom. The highest BCUT2D eigenvalue weighted by molar-refractivity contribution is 6.14. The van der Waals surface area contributed by atoms with Gasteiger partial charge in [0.15, 0.2) is 11.6 Å². The Morgan fingerprint density at radius 3 is 2.24 bits per heavy atom. The lowest BCUT2D eigenvalue weighted by Gasteiger charge is -2.08. The molecule has 0 bridgehead atoms. The number of ketones is 2. The lowest BCUT2D eigenvalue weighted by Crippen LogP contribution is -2.13. The number of rotatable bonds is 6. The highest BCUT2D eigenvalue weighted by Gasteiger charge is 2.20. The number of para-hydroxylation sites is 1. The van der Waals surface area contributed by atoms with Crippen LogP contribution in [0.15, 0.2) is 77.4 Å². The summed E-state index contributed by atoms with van der Waals surface area (Å²) in [4.78, 5) is 36.7. The van der Waals surface area contributed by atoms with E-state index in [1.54, 1.807) is 48.5 Å². The fraction of sp³-hybridized carbons (Fsp3) is 0.0500. The maximum Gasteiger partial charge on any atom is 0.379 e. The van der Waals surface area contributed by atoms with Crippen molar-refractivity contribution in [1.29, 1.82) is 0 Å². The Hall–Kier alpha value is -3.47. The molecule has 5 heteroatoms. The summed E-state index contributed by atoms with van der Waals surface area (Å²) in [6, 6.07) is 17.9. The minimum atomic E-state index is -0.709. The summed E-state index contributed by atoms with van der Waals surface area (Å²) in [5.74, 6) is -1.30. The zero-order chi connectivity index (χ0) is 17.6. The van der Waals surface area contributed by atoms with E-state index >= 15 is 0 Å². The molecule has 0 aliphatic heterocycles. The minimum Gasteiger partial charge on any atom is -0.457 e. The standard InChI is InChI=1S/C20H14O5/c21-16(14-7-2-1-3-8-14)13-17(22)15-9-4-5-10-18(15)25-20(23)19-11-6-12-24-19/h1-12H,13H2. The van der Waals surface area contributed by atoms with E-state index in [-0.39, 0.29) is 29.3 Å². The largest absolute Gasteiger partial charge is 0.457 e. The molecule has 2 aromatic carbocycles. The highest BCUT2D eigenvalue weighted by atomic mass is 16.5. The van der Waals surface area contributed by atoms with E-state index in [0.29, 0.717) is 5.56 Å². The maximum absolute atomic E-state index is 12.5. The molecule has 25 heavy (non-hydrogen) atoms. The first kappa shape index (κ1) is 16.4. The van der Waals surface area contributed by atoms with Crippen molar-refractivity contribution in [2.75, 3.05) is 0 Å². The zero-order valence-corrected chi connectivity index (χ0v) is 13.2. The number of furan rings is 1. The Morgan fingerprint density at radius 1 is 0.800 bits per heavy atom. The Bertz CT molecular complexity index is 895. The molecule has 0 aliphatic carbocycles. The van der Waals surface area contributed by atoms with Gasteiger partial charge < -0.3 is 9.15 Å². The first-order valence-electron chi connectivity index (χ1n) is 7.61. The number of ether oxygens (including phenoxy) is 1. The quantitative estimate of drug-likeness (QED) is 0.295. The first-order valence-corrected chi connectivity index (χ1v) is 7.61. The van der Waals surface area contributed by atoms with Gasteiger partial charge in [0.05, 0.1) is 18.2 Å². The Labute approximate surface area is 143 Å². The molecule has 0 unspecified atom stereocenters. The number of hydrogen-bond acceptors (Lipinski definition) is 5. The van der Waals surface area contributed by atoms with Gasteiger partial charge in [0, 0.05) is 5.56 Å². The van der Waals surface area contributed by atoms with Gasteiger partial charge in [-0.15, -0.1) is 0 Å². The van der Waals surface area contributed by atoms with Crippen molar-refractivity contribution in [3.8, 4) is 5.75 Å². The van der Waals surface area contributed by atoms with Crippen LogP contribution >= 0.6 is 0 Å². The van der Waals surface area contributed by atoms with E-state index in [9.17, 15) is 14.4 Å². The smallest absolute Gasteiger partial charge is 0.379 e. The van der Waals surface area contributed by atoms with Crippen molar-refractivity contribution < 1.29 is 23.5 Å². The van der Waals surface area contributed by atoms with Gasteiger partial charge >= 0.3 is 5.97 Å². The van der Waals surface area contributed by atoms with Crippen LogP contribution < -0.4 is 4.74 Å². The van der Waals surface area contributed by atoms with Gasteiger partial charge in [0.25, 0.3) is 0 Å². The van der Waals surface area contributed by atoms with Crippen LogP contribution in [0.1, 0.15) is 37.7 Å². The molecule has 0 atom stereocenters. The van der Waals surface area contributed by atoms with E-state index in [0.717, 1.165) is 0 Å². The summed E-state index contributed by atoms with van der Waals surface area (Å²) in [7, 11) is 0. The number of carbonyl (C=O) groups excluding carboxylic acids is 3. The normalized spacial score (nSPS) is 10.2. The molecule has 0 saturated heterocycles. The summed E-state index contributed by atoms with van der Waals surface area (Å²) in [6.45, 7) is 0. The van der Waals surface area contributed by atoms with E-state index in [2.05, 4.69) is 0 Å². The zero-order valence-electron chi connectivity index (χ0n) is 13.2. The maximum atomic E-state index is 12.5. The lowest BCUT2D eigenvalue weighted by atomic mass is 10.0. The predicted octanol–water partition coefficient (Wildman–Crippen LogP) is 3.95. The van der Waals surface area contributed by atoms with Gasteiger partial charge in [-0.3, -0.25) is 9.59 Å². The predicted molar refractivity (Wildman–Crippen MR) is 89.8 cm³/mol. The van der Waals surface area contributed by atoms with Gasteiger partial charge in [-0.2, -0.15) is 0 Å². The summed E-state index contributed by atoms with van der Waals surface area (Å²) < 4.78 is 10.2. The minimum absolute atomic E-state index is 0.0302. The molecule has 0 saturated carbocycles. The third kappa shape index (κ3) is 3.90. The van der Waals surface area contributed by atoms with Crippen LogP contribution in [0.25, 0.3) is 0 Å². The Balaban J connectivity index is 1.77. The molecule has 0 N–H and O–H groups in total. The van der Waals surface area contributed by atoms with Crippen molar-refractivity contribution in [3.63, 3.8) is 0 Å². The summed E-state index contributed by atoms with van der Waals surface area (Å²) in [5, 5.41) is 0. The first-order chi connectivity index (χ1) is 12.1. The van der Waals surface area contributed by atoms with Gasteiger partial charge in [-0.25, -0.2) is 4.79 Å². The average molecular weight is 334 g/mol. The van der Waals surface area contributed by atoms with Gasteiger partial charge in [0.2, 0.25) is 5.76 Å². The number of carbonyl (C=O) groups is 3. The molecule has 124 valence electrons. The number of esters is 1. The fourth-order valence-electron chi connectivity index (χ4n) is 2.30. The number of hydrogen-bond donors (Lipinski definition) is 0. The van der Waals surface area contributed by atoms with Crippen LogP contribution in [0, 0.1) is 0 Å². The van der Waals surface area contributed by atoms with Gasteiger partial charge in [-0.05, 0) is 24.3 Å². The van der Waals surface area contributed by atoms with Crippen molar-refractivity contribution >= 4 is 17.5 Å². The molecule has 0 aliphatic rings. The third-order valence-corrected chi connectivity index (χ3v) is 3.53. The van der Waals surface area contributed by atoms with Crippen molar-refractivity contribution in [1.82, 2.24) is 0 Å². The SMILES string of the molecule is O=C(CC(=O)c1ccccc1OC(=O)c1ccco1)c1ccccc1. The lowest BCUT2D eigenvalue weighted by molar-refractivity contribution is 0.0699. The van der Waals surface area contributed by atoms with Crippen LogP contribution in [-0.2, 0) is 0 Å². The molecule has 0 spiro atoms. The highest BCUT2D eigenvalue weighted by Crippen LogP contribution is 2.22.